The molecule has 0 atom stereocenters. The lowest BCUT2D eigenvalue weighted by Gasteiger charge is -2.16. The second-order valence-corrected chi connectivity index (χ2v) is 10.2. The number of amides is 1. The molecule has 0 spiro atoms. The molecule has 11 heteroatoms. The molecule has 2 aromatic heterocycles. The van der Waals surface area contributed by atoms with E-state index in [0.717, 1.165) is 35.7 Å². The number of carbonyl (C=O) groups is 1. The molecule has 36 heavy (non-hydrogen) atoms. The van der Waals surface area contributed by atoms with Crippen molar-refractivity contribution in [1.82, 2.24) is 9.97 Å². The van der Waals surface area contributed by atoms with Gasteiger partial charge in [-0.3, -0.25) is 19.7 Å². The van der Waals surface area contributed by atoms with E-state index in [2.05, 4.69) is 33.5 Å². The molecule has 5 rings (SSSR count). The standard InChI is InChI=1S/C25H22N4O5S2/c1-34-17-8-9-19(20(11-17)29(32)33)26-21(30)13-36-25-27-23(31)22-18(12-35-24(22)28-25)16-7-6-14-4-2-3-5-15(14)10-16/h6-12H,2-5,13H2,1H3,(H,26,30)(H,27,28,31). The quantitative estimate of drug-likeness (QED) is 0.148. The summed E-state index contributed by atoms with van der Waals surface area (Å²) in [6.45, 7) is 0. The smallest absolute Gasteiger partial charge is 0.296 e. The summed E-state index contributed by atoms with van der Waals surface area (Å²) in [5, 5.41) is 16.7. The number of rotatable bonds is 7. The summed E-state index contributed by atoms with van der Waals surface area (Å²) in [4.78, 5) is 44.1. The maximum atomic E-state index is 13.0. The van der Waals surface area contributed by atoms with Crippen LogP contribution in [0.15, 0.2) is 51.7 Å². The third kappa shape index (κ3) is 4.84. The molecule has 0 bridgehead atoms. The fourth-order valence-electron chi connectivity index (χ4n) is 4.33. The zero-order chi connectivity index (χ0) is 25.2. The zero-order valence-electron chi connectivity index (χ0n) is 19.3. The highest BCUT2D eigenvalue weighted by atomic mass is 32.2. The summed E-state index contributed by atoms with van der Waals surface area (Å²) in [6, 6.07) is 10.6. The fourth-order valence-corrected chi connectivity index (χ4v) is 5.99. The summed E-state index contributed by atoms with van der Waals surface area (Å²) in [5.74, 6) is -0.229. The number of thiophene rings is 1. The number of thioether (sulfide) groups is 1. The van der Waals surface area contributed by atoms with E-state index in [1.165, 1.54) is 60.6 Å². The number of nitro groups is 1. The Balaban J connectivity index is 1.32. The predicted molar refractivity (Wildman–Crippen MR) is 141 cm³/mol. The van der Waals surface area contributed by atoms with E-state index in [4.69, 9.17) is 4.74 Å². The van der Waals surface area contributed by atoms with Gasteiger partial charge in [0.15, 0.2) is 5.16 Å². The molecule has 0 fully saturated rings. The van der Waals surface area contributed by atoms with E-state index >= 15 is 0 Å². The molecule has 1 aliphatic carbocycles. The van der Waals surface area contributed by atoms with Crippen LogP contribution in [0.1, 0.15) is 24.0 Å². The number of fused-ring (bicyclic) bond motifs is 2. The van der Waals surface area contributed by atoms with Crippen LogP contribution in [-0.2, 0) is 17.6 Å². The predicted octanol–water partition coefficient (Wildman–Crippen LogP) is 5.18. The average Bonchev–Trinajstić information content (AvgIpc) is 3.32. The molecule has 1 aliphatic rings. The first-order chi connectivity index (χ1) is 17.4. The SMILES string of the molecule is COc1ccc(NC(=O)CSc2nc3scc(-c4ccc5c(c4)CCCC5)c3c(=O)[nH]2)c([N+](=O)[O-])c1. The van der Waals surface area contributed by atoms with E-state index in [9.17, 15) is 19.7 Å². The summed E-state index contributed by atoms with van der Waals surface area (Å²) in [6.07, 6.45) is 4.56. The minimum absolute atomic E-state index is 0.0660. The number of carbonyl (C=O) groups excluding carboxylic acids is 1. The number of nitrogens with zero attached hydrogens (tertiary/aromatic N) is 2. The van der Waals surface area contributed by atoms with Crippen LogP contribution in [0.2, 0.25) is 0 Å². The minimum atomic E-state index is -0.588. The lowest BCUT2D eigenvalue weighted by molar-refractivity contribution is -0.384. The van der Waals surface area contributed by atoms with Crippen molar-refractivity contribution < 1.29 is 14.5 Å². The third-order valence-electron chi connectivity index (χ3n) is 6.10. The van der Waals surface area contributed by atoms with Crippen LogP contribution in [0, 0.1) is 10.1 Å². The van der Waals surface area contributed by atoms with Crippen LogP contribution in [0.25, 0.3) is 21.3 Å². The van der Waals surface area contributed by atoms with E-state index in [-0.39, 0.29) is 22.7 Å². The second-order valence-electron chi connectivity index (χ2n) is 8.37. The number of nitrogens with one attached hydrogen (secondary N) is 2. The molecule has 0 radical (unpaired) electrons. The first kappa shape index (κ1) is 24.0. The van der Waals surface area contributed by atoms with Crippen molar-refractivity contribution in [2.75, 3.05) is 18.2 Å². The highest BCUT2D eigenvalue weighted by Crippen LogP contribution is 2.34. The van der Waals surface area contributed by atoms with Crippen LogP contribution < -0.4 is 15.6 Å². The Kier molecular flexibility index (Phi) is 6.75. The molecule has 0 unspecified atom stereocenters. The Morgan fingerprint density at radius 1 is 1.22 bits per heavy atom. The molecule has 2 heterocycles. The Morgan fingerprint density at radius 3 is 2.81 bits per heavy atom. The van der Waals surface area contributed by atoms with Crippen molar-refractivity contribution in [3.63, 3.8) is 0 Å². The van der Waals surface area contributed by atoms with Gasteiger partial charge in [-0.1, -0.05) is 30.0 Å². The summed E-state index contributed by atoms with van der Waals surface area (Å²) >= 11 is 2.44. The third-order valence-corrected chi connectivity index (χ3v) is 7.84. The van der Waals surface area contributed by atoms with Crippen LogP contribution in [0.5, 0.6) is 5.75 Å². The maximum Gasteiger partial charge on any atom is 0.296 e. The normalized spacial score (nSPS) is 12.8. The van der Waals surface area contributed by atoms with Gasteiger partial charge in [0.2, 0.25) is 5.91 Å². The lowest BCUT2D eigenvalue weighted by Crippen LogP contribution is -2.16. The molecule has 0 saturated heterocycles. The molecule has 0 saturated carbocycles. The number of anilines is 1. The number of benzene rings is 2. The number of H-pyrrole nitrogens is 1. The zero-order valence-corrected chi connectivity index (χ0v) is 21.0. The summed E-state index contributed by atoms with van der Waals surface area (Å²) in [5.41, 5.74) is 4.13. The number of hydrogen-bond acceptors (Lipinski definition) is 8. The first-order valence-corrected chi connectivity index (χ1v) is 13.2. The van der Waals surface area contributed by atoms with Crippen LogP contribution >= 0.6 is 23.1 Å². The second kappa shape index (κ2) is 10.1. The molecule has 2 N–H and O–H groups in total. The van der Waals surface area contributed by atoms with Gasteiger partial charge in [0.25, 0.3) is 11.2 Å². The molecule has 1 amide bonds. The molecule has 0 aliphatic heterocycles. The number of aryl methyl sites for hydroxylation is 2. The molecule has 184 valence electrons. The van der Waals surface area contributed by atoms with Gasteiger partial charge in [-0.15, -0.1) is 11.3 Å². The number of methoxy groups -OCH3 is 1. The van der Waals surface area contributed by atoms with E-state index < -0.39 is 10.8 Å². The summed E-state index contributed by atoms with van der Waals surface area (Å²) in [7, 11) is 1.40. The van der Waals surface area contributed by atoms with Crippen molar-refractivity contribution in [2.45, 2.75) is 30.8 Å². The van der Waals surface area contributed by atoms with Crippen molar-refractivity contribution in [2.24, 2.45) is 0 Å². The first-order valence-electron chi connectivity index (χ1n) is 11.3. The largest absolute Gasteiger partial charge is 0.496 e. The highest BCUT2D eigenvalue weighted by molar-refractivity contribution is 7.99. The highest BCUT2D eigenvalue weighted by Gasteiger charge is 2.19. The molecular formula is C25H22N4O5S2. The van der Waals surface area contributed by atoms with Gasteiger partial charge >= 0.3 is 0 Å². The maximum absolute atomic E-state index is 13.0. The van der Waals surface area contributed by atoms with E-state index in [1.54, 1.807) is 0 Å². The van der Waals surface area contributed by atoms with Gasteiger partial charge in [0, 0.05) is 10.9 Å². The van der Waals surface area contributed by atoms with Gasteiger partial charge in [0.1, 0.15) is 16.3 Å². The summed E-state index contributed by atoms with van der Waals surface area (Å²) < 4.78 is 5.01. The number of aromatic nitrogens is 2. The van der Waals surface area contributed by atoms with Gasteiger partial charge < -0.3 is 15.0 Å². The number of ether oxygens (including phenoxy) is 1. The minimum Gasteiger partial charge on any atom is -0.496 e. The Labute approximate surface area is 214 Å². The van der Waals surface area contributed by atoms with Gasteiger partial charge in [-0.25, -0.2) is 4.98 Å². The van der Waals surface area contributed by atoms with Crippen molar-refractivity contribution in [3.05, 3.63) is 73.4 Å². The molecule has 2 aromatic carbocycles. The number of nitro benzene ring substituents is 1. The van der Waals surface area contributed by atoms with Crippen molar-refractivity contribution >= 4 is 50.6 Å². The van der Waals surface area contributed by atoms with Gasteiger partial charge in [-0.2, -0.15) is 0 Å². The Hall–Kier alpha value is -3.70. The average molecular weight is 523 g/mol. The van der Waals surface area contributed by atoms with Gasteiger partial charge in [-0.05, 0) is 54.5 Å². The fraction of sp³-hybridized carbons (Fsp3) is 0.240. The number of hydrogen-bond donors (Lipinski definition) is 2. The van der Waals surface area contributed by atoms with E-state index in [0.29, 0.717) is 21.1 Å². The van der Waals surface area contributed by atoms with Crippen LogP contribution in [0.4, 0.5) is 11.4 Å². The monoisotopic (exact) mass is 522 g/mol. The topological polar surface area (TPSA) is 127 Å². The van der Waals surface area contributed by atoms with Crippen molar-refractivity contribution in [3.8, 4) is 16.9 Å². The molecule has 9 nitrogen and oxygen atoms in total. The Morgan fingerprint density at radius 2 is 2.03 bits per heavy atom. The number of aromatic amines is 1. The van der Waals surface area contributed by atoms with Crippen LogP contribution in [-0.4, -0.2) is 33.7 Å². The molecular weight excluding hydrogens is 500 g/mol. The van der Waals surface area contributed by atoms with Crippen LogP contribution in [0.3, 0.4) is 0 Å². The lowest BCUT2D eigenvalue weighted by atomic mass is 9.89. The molecule has 4 aromatic rings. The van der Waals surface area contributed by atoms with Gasteiger partial charge in [0.05, 0.1) is 29.2 Å². The van der Waals surface area contributed by atoms with Crippen molar-refractivity contribution in [1.29, 1.82) is 0 Å². The van der Waals surface area contributed by atoms with E-state index in [1.807, 2.05) is 5.38 Å². The Bertz CT molecular complexity index is 1550.